The number of carbonyl (C=O) groups excluding carboxylic acids is 2. The number of hydrogen-bond acceptors (Lipinski definition) is 8. The number of hydrogen-bond donors (Lipinski definition) is 0. The number of fused-ring (bicyclic) bond motifs is 1. The van der Waals surface area contributed by atoms with E-state index in [2.05, 4.69) is 11.9 Å². The summed E-state index contributed by atoms with van der Waals surface area (Å²) in [6.07, 6.45) is 3.01. The van der Waals surface area contributed by atoms with Gasteiger partial charge in [0.15, 0.2) is 16.3 Å². The number of nitro benzene ring substituents is 1. The van der Waals surface area contributed by atoms with E-state index in [4.69, 9.17) is 14.2 Å². The summed E-state index contributed by atoms with van der Waals surface area (Å²) in [6, 6.07) is 8.20. The summed E-state index contributed by atoms with van der Waals surface area (Å²) in [7, 11) is 3.98. The molecule has 34 heavy (non-hydrogen) atoms. The number of benzene rings is 2. The van der Waals surface area contributed by atoms with Crippen LogP contribution in [0.3, 0.4) is 0 Å². The Kier molecular flexibility index (Phi) is 8.00. The predicted octanol–water partition coefficient (Wildman–Crippen LogP) is 3.88. The average molecular weight is 488 g/mol. The molecule has 0 saturated heterocycles. The van der Waals surface area contributed by atoms with E-state index in [9.17, 15) is 19.7 Å². The fourth-order valence-electron chi connectivity index (χ4n) is 3.42. The van der Waals surface area contributed by atoms with Crippen LogP contribution in [-0.4, -0.2) is 42.7 Å². The molecule has 0 bridgehead atoms. The van der Waals surface area contributed by atoms with Crippen LogP contribution < -0.4 is 14.3 Å². The summed E-state index contributed by atoms with van der Waals surface area (Å²) in [4.78, 5) is 40.5. The van der Waals surface area contributed by atoms with Gasteiger partial charge in [0.1, 0.15) is 12.1 Å². The summed E-state index contributed by atoms with van der Waals surface area (Å²) < 4.78 is 17.5. The highest BCUT2D eigenvalue weighted by Crippen LogP contribution is 2.34. The van der Waals surface area contributed by atoms with E-state index < -0.39 is 22.5 Å². The van der Waals surface area contributed by atoms with Gasteiger partial charge in [-0.2, -0.15) is 4.99 Å². The number of aryl methyl sites for hydroxylation is 1. The third kappa shape index (κ3) is 5.25. The average Bonchev–Trinajstić information content (AvgIpc) is 3.17. The number of amides is 1. The lowest BCUT2D eigenvalue weighted by atomic mass is 10.1. The standard InChI is InChI=1S/C23H25N3O7S/c1-5-6-7-14-8-9-16-20(10-14)34-23(25(16)13-21(27)33-4)24-22(28)15-11-18(31-2)19(32-3)12-17(15)26(29)30/h8-12H,5-7,13H2,1-4H3. The molecule has 3 rings (SSSR count). The normalized spacial score (nSPS) is 11.5. The SMILES string of the molecule is CCCCc1ccc2c(c1)sc(=NC(=O)c1cc(OC)c(OC)cc1[N+](=O)[O-])n2CC(=O)OC. The first-order valence-corrected chi connectivity index (χ1v) is 11.3. The van der Waals surface area contributed by atoms with E-state index in [0.29, 0.717) is 5.52 Å². The zero-order chi connectivity index (χ0) is 24.8. The summed E-state index contributed by atoms with van der Waals surface area (Å²) in [5.41, 5.74) is 1.13. The van der Waals surface area contributed by atoms with E-state index in [1.165, 1.54) is 38.7 Å². The van der Waals surface area contributed by atoms with Crippen molar-refractivity contribution >= 4 is 39.1 Å². The van der Waals surface area contributed by atoms with Crippen molar-refractivity contribution in [3.63, 3.8) is 0 Å². The van der Waals surface area contributed by atoms with Crippen LogP contribution in [0.15, 0.2) is 35.3 Å². The van der Waals surface area contributed by atoms with E-state index >= 15 is 0 Å². The highest BCUT2D eigenvalue weighted by Gasteiger charge is 2.25. The summed E-state index contributed by atoms with van der Waals surface area (Å²) in [6.45, 7) is 1.95. The van der Waals surface area contributed by atoms with Gasteiger partial charge in [-0.15, -0.1) is 0 Å². The number of esters is 1. The molecule has 180 valence electrons. The first kappa shape index (κ1) is 24.9. The number of ether oxygens (including phenoxy) is 3. The topological polar surface area (TPSA) is 122 Å². The van der Waals surface area contributed by atoms with Crippen LogP contribution in [0.25, 0.3) is 10.2 Å². The Morgan fingerprint density at radius 3 is 2.44 bits per heavy atom. The quantitative estimate of drug-likeness (QED) is 0.255. The van der Waals surface area contributed by atoms with Crippen LogP contribution >= 0.6 is 11.3 Å². The highest BCUT2D eigenvalue weighted by molar-refractivity contribution is 7.16. The summed E-state index contributed by atoms with van der Waals surface area (Å²) in [5, 5.41) is 11.6. The van der Waals surface area contributed by atoms with Crippen LogP contribution in [-0.2, 0) is 22.5 Å². The zero-order valence-electron chi connectivity index (χ0n) is 19.3. The summed E-state index contributed by atoms with van der Waals surface area (Å²) in [5.74, 6) is -1.08. The van der Waals surface area contributed by atoms with Crippen LogP contribution in [0, 0.1) is 10.1 Å². The minimum absolute atomic E-state index is 0.118. The predicted molar refractivity (Wildman–Crippen MR) is 127 cm³/mol. The molecule has 0 saturated carbocycles. The first-order chi connectivity index (χ1) is 16.3. The van der Waals surface area contributed by atoms with Crippen molar-refractivity contribution in [1.82, 2.24) is 4.57 Å². The molecule has 0 aliphatic heterocycles. The van der Waals surface area contributed by atoms with Crippen LogP contribution in [0.5, 0.6) is 11.5 Å². The van der Waals surface area contributed by atoms with Crippen molar-refractivity contribution in [2.45, 2.75) is 32.7 Å². The molecule has 11 heteroatoms. The molecule has 0 radical (unpaired) electrons. The van der Waals surface area contributed by atoms with Gasteiger partial charge in [0, 0.05) is 6.07 Å². The monoisotopic (exact) mass is 487 g/mol. The maximum Gasteiger partial charge on any atom is 0.325 e. The largest absolute Gasteiger partial charge is 0.493 e. The Morgan fingerprint density at radius 1 is 1.12 bits per heavy atom. The number of rotatable bonds is 9. The molecular formula is C23H25N3O7S. The third-order valence-corrected chi connectivity index (χ3v) is 6.25. The zero-order valence-corrected chi connectivity index (χ0v) is 20.1. The summed E-state index contributed by atoms with van der Waals surface area (Å²) >= 11 is 1.22. The van der Waals surface area contributed by atoms with E-state index in [1.54, 1.807) is 4.57 Å². The lowest BCUT2D eigenvalue weighted by molar-refractivity contribution is -0.385. The Balaban J connectivity index is 2.18. The molecule has 0 spiro atoms. The van der Waals surface area contributed by atoms with Gasteiger partial charge in [0.05, 0.1) is 42.5 Å². The fraction of sp³-hybridized carbons (Fsp3) is 0.348. The van der Waals surface area contributed by atoms with Crippen molar-refractivity contribution in [2.24, 2.45) is 4.99 Å². The van der Waals surface area contributed by atoms with Crippen molar-refractivity contribution in [3.05, 3.63) is 56.4 Å². The fourth-order valence-corrected chi connectivity index (χ4v) is 4.51. The highest BCUT2D eigenvalue weighted by atomic mass is 32.1. The van der Waals surface area contributed by atoms with Crippen LogP contribution in [0.4, 0.5) is 5.69 Å². The molecule has 0 N–H and O–H groups in total. The minimum Gasteiger partial charge on any atom is -0.493 e. The molecule has 0 aliphatic carbocycles. The number of unbranched alkanes of at least 4 members (excludes halogenated alkanes) is 1. The number of thiazole rings is 1. The maximum atomic E-state index is 13.1. The lowest BCUT2D eigenvalue weighted by Gasteiger charge is -2.09. The molecule has 10 nitrogen and oxygen atoms in total. The Bertz CT molecular complexity index is 1310. The van der Waals surface area contributed by atoms with Gasteiger partial charge in [-0.05, 0) is 30.5 Å². The van der Waals surface area contributed by atoms with Crippen molar-refractivity contribution in [3.8, 4) is 11.5 Å². The van der Waals surface area contributed by atoms with Crippen LogP contribution in [0.1, 0.15) is 35.7 Å². The number of carbonyl (C=O) groups is 2. The number of nitrogens with zero attached hydrogens (tertiary/aromatic N) is 3. The van der Waals surface area contributed by atoms with Crippen LogP contribution in [0.2, 0.25) is 0 Å². The smallest absolute Gasteiger partial charge is 0.325 e. The van der Waals surface area contributed by atoms with Gasteiger partial charge in [0.2, 0.25) is 0 Å². The number of methoxy groups -OCH3 is 3. The molecule has 1 aromatic heterocycles. The first-order valence-electron chi connectivity index (χ1n) is 10.5. The van der Waals surface area contributed by atoms with Crippen molar-refractivity contribution in [2.75, 3.05) is 21.3 Å². The molecular weight excluding hydrogens is 462 g/mol. The lowest BCUT2D eigenvalue weighted by Crippen LogP contribution is -2.22. The molecule has 2 aromatic carbocycles. The molecule has 0 aliphatic rings. The van der Waals surface area contributed by atoms with E-state index in [0.717, 1.165) is 35.6 Å². The van der Waals surface area contributed by atoms with Gasteiger partial charge in [0.25, 0.3) is 11.6 Å². The van der Waals surface area contributed by atoms with Gasteiger partial charge in [-0.25, -0.2) is 0 Å². The van der Waals surface area contributed by atoms with Crippen molar-refractivity contribution in [1.29, 1.82) is 0 Å². The van der Waals surface area contributed by atoms with Gasteiger partial charge in [-0.1, -0.05) is 30.7 Å². The van der Waals surface area contributed by atoms with E-state index in [1.807, 2.05) is 18.2 Å². The third-order valence-electron chi connectivity index (χ3n) is 5.21. The second-order valence-corrected chi connectivity index (χ2v) is 8.36. The van der Waals surface area contributed by atoms with Gasteiger partial charge >= 0.3 is 5.97 Å². The number of aromatic nitrogens is 1. The minimum atomic E-state index is -0.843. The second-order valence-electron chi connectivity index (χ2n) is 7.35. The molecule has 0 fully saturated rings. The Morgan fingerprint density at radius 2 is 1.82 bits per heavy atom. The molecule has 0 unspecified atom stereocenters. The second kappa shape index (κ2) is 10.9. The van der Waals surface area contributed by atoms with Gasteiger partial charge in [-0.3, -0.25) is 19.7 Å². The molecule has 0 atom stereocenters. The molecule has 1 amide bonds. The van der Waals surface area contributed by atoms with Gasteiger partial charge < -0.3 is 18.8 Å². The van der Waals surface area contributed by atoms with Crippen molar-refractivity contribution < 1.29 is 28.7 Å². The molecule has 3 aromatic rings. The Hall–Kier alpha value is -3.73. The number of nitro groups is 1. The maximum absolute atomic E-state index is 13.1. The molecule has 1 heterocycles. The Labute approximate surface area is 199 Å². The van der Waals surface area contributed by atoms with E-state index in [-0.39, 0.29) is 28.4 Å².